The summed E-state index contributed by atoms with van der Waals surface area (Å²) in [5.41, 5.74) is 1.45. The van der Waals surface area contributed by atoms with Gasteiger partial charge in [0.1, 0.15) is 17.5 Å². The summed E-state index contributed by atoms with van der Waals surface area (Å²) in [4.78, 5) is 0. The van der Waals surface area contributed by atoms with Gasteiger partial charge in [-0.2, -0.15) is 10.4 Å². The van der Waals surface area contributed by atoms with Crippen LogP contribution >= 0.6 is 0 Å². The Morgan fingerprint density at radius 1 is 1.53 bits per heavy atom. The molecule has 1 saturated heterocycles. The molecule has 0 spiro atoms. The second-order valence-electron chi connectivity index (χ2n) is 4.59. The minimum absolute atomic E-state index is 0.388. The van der Waals surface area contributed by atoms with Gasteiger partial charge in [-0.15, -0.1) is 0 Å². The summed E-state index contributed by atoms with van der Waals surface area (Å²) in [6, 6.07) is 2.61. The van der Waals surface area contributed by atoms with Crippen molar-refractivity contribution < 1.29 is 0 Å². The Morgan fingerprint density at radius 2 is 2.35 bits per heavy atom. The van der Waals surface area contributed by atoms with Gasteiger partial charge in [-0.3, -0.25) is 4.68 Å². The smallest absolute Gasteiger partial charge is 0.142 e. The number of anilines is 1. The van der Waals surface area contributed by atoms with Gasteiger partial charge < -0.3 is 10.6 Å². The van der Waals surface area contributed by atoms with Gasteiger partial charge >= 0.3 is 0 Å². The molecule has 1 unspecified atom stereocenters. The summed E-state index contributed by atoms with van der Waals surface area (Å²) < 4.78 is 1.76. The minimum atomic E-state index is 0.388. The van der Waals surface area contributed by atoms with E-state index >= 15 is 0 Å². The summed E-state index contributed by atoms with van der Waals surface area (Å²) in [6.45, 7) is 3.91. The van der Waals surface area contributed by atoms with E-state index in [1.165, 1.54) is 12.8 Å². The van der Waals surface area contributed by atoms with Crippen molar-refractivity contribution in [2.75, 3.05) is 18.4 Å². The summed E-state index contributed by atoms with van der Waals surface area (Å²) in [7, 11) is 1.88. The molecule has 2 rings (SSSR count). The van der Waals surface area contributed by atoms with Crippen molar-refractivity contribution in [2.24, 2.45) is 7.05 Å². The first-order valence-corrected chi connectivity index (χ1v) is 6.13. The summed E-state index contributed by atoms with van der Waals surface area (Å²) >= 11 is 0. The van der Waals surface area contributed by atoms with Gasteiger partial charge in [0.15, 0.2) is 0 Å². The molecule has 1 aromatic heterocycles. The van der Waals surface area contributed by atoms with Gasteiger partial charge in [0.2, 0.25) is 0 Å². The highest BCUT2D eigenvalue weighted by atomic mass is 15.3. The third kappa shape index (κ3) is 2.59. The van der Waals surface area contributed by atoms with E-state index in [2.05, 4.69) is 21.8 Å². The van der Waals surface area contributed by atoms with Crippen molar-refractivity contribution in [3.8, 4) is 6.07 Å². The largest absolute Gasteiger partial charge is 0.365 e. The van der Waals surface area contributed by atoms with Gasteiger partial charge in [0, 0.05) is 19.6 Å². The highest BCUT2D eigenvalue weighted by Gasteiger charge is 2.17. The molecule has 0 radical (unpaired) electrons. The first-order chi connectivity index (χ1) is 8.22. The van der Waals surface area contributed by atoms with E-state index in [1.807, 2.05) is 14.0 Å². The van der Waals surface area contributed by atoms with Crippen molar-refractivity contribution in [2.45, 2.75) is 32.2 Å². The predicted molar refractivity (Wildman–Crippen MR) is 66.8 cm³/mol. The van der Waals surface area contributed by atoms with Crippen LogP contribution in [0.15, 0.2) is 0 Å². The number of aryl methyl sites for hydroxylation is 2. The second kappa shape index (κ2) is 5.19. The van der Waals surface area contributed by atoms with E-state index in [9.17, 15) is 0 Å². The second-order valence-corrected chi connectivity index (χ2v) is 4.59. The monoisotopic (exact) mass is 233 g/mol. The zero-order chi connectivity index (χ0) is 12.3. The quantitative estimate of drug-likeness (QED) is 0.804. The Kier molecular flexibility index (Phi) is 3.64. The zero-order valence-electron chi connectivity index (χ0n) is 10.5. The molecule has 0 aliphatic carbocycles. The van der Waals surface area contributed by atoms with Crippen LogP contribution in [0.3, 0.4) is 0 Å². The molecule has 0 bridgehead atoms. The summed E-state index contributed by atoms with van der Waals surface area (Å²) in [5.74, 6) is 0.846. The van der Waals surface area contributed by atoms with Crippen LogP contribution in [0.25, 0.3) is 0 Å². The van der Waals surface area contributed by atoms with Crippen LogP contribution in [0, 0.1) is 18.3 Å². The van der Waals surface area contributed by atoms with E-state index in [-0.39, 0.29) is 0 Å². The molecule has 5 heteroatoms. The Morgan fingerprint density at radius 3 is 3.12 bits per heavy atom. The normalized spacial score (nSPS) is 20.6. The van der Waals surface area contributed by atoms with Gasteiger partial charge in [-0.25, -0.2) is 0 Å². The maximum absolute atomic E-state index is 9.14. The molecule has 1 fully saturated rings. The lowest BCUT2D eigenvalue weighted by atomic mass is 10.1. The van der Waals surface area contributed by atoms with Crippen LogP contribution in [0.5, 0.6) is 0 Å². The Labute approximate surface area is 102 Å². The average Bonchev–Trinajstić information content (AvgIpc) is 2.50. The number of nitrogens with one attached hydrogen (secondary N) is 2. The van der Waals surface area contributed by atoms with Gasteiger partial charge in [-0.05, 0) is 26.3 Å². The van der Waals surface area contributed by atoms with Crippen LogP contribution in [-0.2, 0) is 7.05 Å². The first-order valence-electron chi connectivity index (χ1n) is 6.13. The topological polar surface area (TPSA) is 65.7 Å². The van der Waals surface area contributed by atoms with Crippen LogP contribution in [-0.4, -0.2) is 28.9 Å². The van der Waals surface area contributed by atoms with E-state index in [4.69, 9.17) is 5.26 Å². The molecule has 2 N–H and O–H groups in total. The van der Waals surface area contributed by atoms with Gasteiger partial charge in [0.05, 0.1) is 5.69 Å². The molecule has 17 heavy (non-hydrogen) atoms. The lowest BCUT2D eigenvalue weighted by Crippen LogP contribution is -2.31. The van der Waals surface area contributed by atoms with E-state index in [0.717, 1.165) is 31.0 Å². The number of nitrogens with zero attached hydrogens (tertiary/aromatic N) is 3. The first kappa shape index (κ1) is 11.9. The van der Waals surface area contributed by atoms with E-state index in [1.54, 1.807) is 4.68 Å². The Hall–Kier alpha value is -1.54. The van der Waals surface area contributed by atoms with Crippen LogP contribution in [0.2, 0.25) is 0 Å². The third-order valence-corrected chi connectivity index (χ3v) is 3.22. The lowest BCUT2D eigenvalue weighted by Gasteiger charge is -2.17. The SMILES string of the molecule is Cc1nn(C)c(NC2CCCCNC2)c1C#N. The molecular weight excluding hydrogens is 214 g/mol. The molecule has 0 aromatic carbocycles. The van der Waals surface area contributed by atoms with Crippen molar-refractivity contribution in [1.29, 1.82) is 5.26 Å². The molecule has 1 aliphatic heterocycles. The van der Waals surface area contributed by atoms with E-state index in [0.29, 0.717) is 11.6 Å². The van der Waals surface area contributed by atoms with Gasteiger partial charge in [0.25, 0.3) is 0 Å². The maximum atomic E-state index is 9.14. The fourth-order valence-corrected chi connectivity index (χ4v) is 2.29. The molecule has 0 saturated carbocycles. The van der Waals surface area contributed by atoms with Crippen LogP contribution in [0.4, 0.5) is 5.82 Å². The standard InChI is InChI=1S/C12H19N5/c1-9-11(7-13)12(17(2)16-9)15-10-5-3-4-6-14-8-10/h10,14-15H,3-6,8H2,1-2H3. The predicted octanol–water partition coefficient (Wildman–Crippen LogP) is 1.15. The highest BCUT2D eigenvalue weighted by Crippen LogP contribution is 2.19. The number of hydrogen-bond donors (Lipinski definition) is 2. The van der Waals surface area contributed by atoms with Crippen LogP contribution in [0.1, 0.15) is 30.5 Å². The van der Waals surface area contributed by atoms with Crippen molar-refractivity contribution in [3.63, 3.8) is 0 Å². The van der Waals surface area contributed by atoms with Crippen molar-refractivity contribution in [3.05, 3.63) is 11.3 Å². The minimum Gasteiger partial charge on any atom is -0.365 e. The molecule has 2 heterocycles. The Balaban J connectivity index is 2.14. The number of nitriles is 1. The molecule has 1 aliphatic rings. The fraction of sp³-hybridized carbons (Fsp3) is 0.667. The zero-order valence-corrected chi connectivity index (χ0v) is 10.5. The van der Waals surface area contributed by atoms with E-state index < -0.39 is 0 Å². The average molecular weight is 233 g/mol. The molecule has 1 atom stereocenters. The number of aromatic nitrogens is 2. The third-order valence-electron chi connectivity index (χ3n) is 3.22. The van der Waals surface area contributed by atoms with Gasteiger partial charge in [-0.1, -0.05) is 6.42 Å². The number of hydrogen-bond acceptors (Lipinski definition) is 4. The lowest BCUT2D eigenvalue weighted by molar-refractivity contribution is 0.624. The fourth-order valence-electron chi connectivity index (χ4n) is 2.29. The highest BCUT2D eigenvalue weighted by molar-refractivity contribution is 5.55. The molecule has 5 nitrogen and oxygen atoms in total. The van der Waals surface area contributed by atoms with Crippen LogP contribution < -0.4 is 10.6 Å². The molecule has 1 aromatic rings. The van der Waals surface area contributed by atoms with Crippen molar-refractivity contribution in [1.82, 2.24) is 15.1 Å². The molecular formula is C12H19N5. The summed E-state index contributed by atoms with van der Waals surface area (Å²) in [6.07, 6.45) is 3.60. The summed E-state index contributed by atoms with van der Waals surface area (Å²) in [5, 5.41) is 20.3. The molecule has 0 amide bonds. The van der Waals surface area contributed by atoms with Crippen molar-refractivity contribution >= 4 is 5.82 Å². The maximum Gasteiger partial charge on any atom is 0.142 e. The number of rotatable bonds is 2. The Bertz CT molecular complexity index is 421. The molecule has 92 valence electrons.